The maximum atomic E-state index is 13.9. The minimum absolute atomic E-state index is 0. The predicted molar refractivity (Wildman–Crippen MR) is 152 cm³/mol. The highest BCUT2D eigenvalue weighted by Crippen LogP contribution is 2.22. The molecule has 4 nitrogen and oxygen atoms in total. The molecule has 200 valence electrons. The van der Waals surface area contributed by atoms with Crippen LogP contribution in [0.4, 0.5) is 10.5 Å². The number of urea groups is 1. The number of carbonyl (C=O) groups excluding carboxylic acids is 1. The van der Waals surface area contributed by atoms with Gasteiger partial charge < -0.3 is 26.4 Å². The second-order valence-electron chi connectivity index (χ2n) is 10.9. The van der Waals surface area contributed by atoms with Gasteiger partial charge in [-0.05, 0) is 63.4 Å². The van der Waals surface area contributed by atoms with E-state index >= 15 is 0 Å². The van der Waals surface area contributed by atoms with E-state index in [2.05, 4.69) is 97.2 Å². The van der Waals surface area contributed by atoms with Crippen LogP contribution in [0.1, 0.15) is 46.7 Å². The summed E-state index contributed by atoms with van der Waals surface area (Å²) in [6.45, 7) is 14.5. The highest BCUT2D eigenvalue weighted by molar-refractivity contribution is 5.92. The Morgan fingerprint density at radius 1 is 0.784 bits per heavy atom. The van der Waals surface area contributed by atoms with Crippen molar-refractivity contribution in [2.24, 2.45) is 0 Å². The Morgan fingerprint density at radius 3 is 1.86 bits per heavy atom. The first kappa shape index (κ1) is 30.6. The number of benzene rings is 3. The molecule has 37 heavy (non-hydrogen) atoms. The first-order chi connectivity index (χ1) is 17.1. The summed E-state index contributed by atoms with van der Waals surface area (Å²) in [4.78, 5) is 17.8. The Hall–Kier alpha value is -2.63. The molecular weight excluding hydrogens is 522 g/mol. The van der Waals surface area contributed by atoms with E-state index in [1.165, 1.54) is 27.8 Å². The zero-order valence-electron chi connectivity index (χ0n) is 23.7. The summed E-state index contributed by atoms with van der Waals surface area (Å²) in [5.41, 5.74) is 8.50. The number of quaternary nitrogens is 1. The third kappa shape index (κ3) is 9.32. The van der Waals surface area contributed by atoms with Crippen LogP contribution in [0.25, 0.3) is 0 Å². The standard InChI is InChI=1S/C32H44N3O.BrH/c1-8-34(31-21-27(4)18-28(5)22-31)32(36)33(23-29-13-10-9-11-14-29)15-12-16-35(6,7)24-30-19-25(2)17-26(3)20-30;/h9-11,13-14,17-22H,8,12,15-16,23-24H2,1-7H3;1H/q+1;/p-1. The van der Waals surface area contributed by atoms with Crippen LogP contribution in [-0.2, 0) is 13.1 Å². The van der Waals surface area contributed by atoms with Crippen molar-refractivity contribution >= 4 is 11.7 Å². The van der Waals surface area contributed by atoms with Crippen LogP contribution in [0, 0.1) is 27.7 Å². The minimum atomic E-state index is 0. The van der Waals surface area contributed by atoms with Crippen LogP contribution >= 0.6 is 0 Å². The summed E-state index contributed by atoms with van der Waals surface area (Å²) < 4.78 is 0.894. The molecule has 2 amide bonds. The van der Waals surface area contributed by atoms with Gasteiger partial charge in [0.05, 0.1) is 20.6 Å². The van der Waals surface area contributed by atoms with Gasteiger partial charge in [-0.15, -0.1) is 0 Å². The van der Waals surface area contributed by atoms with Crippen LogP contribution in [-0.4, -0.2) is 49.1 Å². The van der Waals surface area contributed by atoms with Gasteiger partial charge in [-0.1, -0.05) is 65.7 Å². The van der Waals surface area contributed by atoms with Gasteiger partial charge in [0, 0.05) is 37.3 Å². The zero-order chi connectivity index (χ0) is 26.3. The molecule has 0 spiro atoms. The molecule has 0 aromatic heterocycles. The predicted octanol–water partition coefficient (Wildman–Crippen LogP) is 4.04. The van der Waals surface area contributed by atoms with E-state index in [-0.39, 0.29) is 23.0 Å². The Kier molecular flexibility index (Phi) is 11.4. The average Bonchev–Trinajstić information content (AvgIpc) is 2.77. The molecule has 0 aliphatic rings. The molecule has 0 N–H and O–H groups in total. The fourth-order valence-corrected chi connectivity index (χ4v) is 5.17. The van der Waals surface area contributed by atoms with Gasteiger partial charge >= 0.3 is 6.03 Å². The summed E-state index contributed by atoms with van der Waals surface area (Å²) in [6.07, 6.45) is 0.945. The number of amides is 2. The lowest BCUT2D eigenvalue weighted by Gasteiger charge is -2.33. The van der Waals surface area contributed by atoms with Crippen molar-refractivity contribution in [3.63, 3.8) is 0 Å². The summed E-state index contributed by atoms with van der Waals surface area (Å²) >= 11 is 0. The molecule has 3 aromatic rings. The number of nitrogens with zero attached hydrogens (tertiary/aromatic N) is 3. The number of carbonyl (C=O) groups is 1. The van der Waals surface area contributed by atoms with E-state index in [1.807, 2.05) is 28.0 Å². The first-order valence-corrected chi connectivity index (χ1v) is 13.1. The lowest BCUT2D eigenvalue weighted by molar-refractivity contribution is -0.903. The SMILES string of the molecule is CCN(C(=O)N(CCC[N+](C)(C)Cc1cc(C)cc(C)c1)Cc1ccccc1)c1cc(C)cc(C)c1.[Br-]. The number of aryl methyl sites for hydroxylation is 4. The van der Waals surface area contributed by atoms with Gasteiger partial charge in [0.1, 0.15) is 6.54 Å². The molecule has 0 radical (unpaired) electrons. The molecule has 0 unspecified atom stereocenters. The van der Waals surface area contributed by atoms with Crippen molar-refractivity contribution in [2.45, 2.75) is 54.1 Å². The van der Waals surface area contributed by atoms with E-state index < -0.39 is 0 Å². The third-order valence-corrected chi connectivity index (χ3v) is 6.64. The molecule has 0 fully saturated rings. The quantitative estimate of drug-likeness (QED) is 0.340. The van der Waals surface area contributed by atoms with Crippen LogP contribution in [0.3, 0.4) is 0 Å². The van der Waals surface area contributed by atoms with E-state index in [0.717, 1.165) is 41.8 Å². The van der Waals surface area contributed by atoms with Crippen molar-refractivity contribution in [1.82, 2.24) is 4.90 Å². The monoisotopic (exact) mass is 565 g/mol. The third-order valence-electron chi connectivity index (χ3n) is 6.64. The van der Waals surface area contributed by atoms with E-state index in [4.69, 9.17) is 0 Å². The fourth-order valence-electron chi connectivity index (χ4n) is 5.17. The highest BCUT2D eigenvalue weighted by Gasteiger charge is 2.23. The number of rotatable bonds is 10. The molecule has 0 saturated heterocycles. The van der Waals surface area contributed by atoms with Gasteiger partial charge in [-0.25, -0.2) is 4.79 Å². The lowest BCUT2D eigenvalue weighted by Crippen LogP contribution is -3.00. The van der Waals surface area contributed by atoms with Crippen LogP contribution in [0.2, 0.25) is 0 Å². The number of hydrogen-bond donors (Lipinski definition) is 0. The molecule has 0 aliphatic heterocycles. The molecule has 5 heteroatoms. The molecule has 0 atom stereocenters. The largest absolute Gasteiger partial charge is 1.00 e. The van der Waals surface area contributed by atoms with Gasteiger partial charge in [0.25, 0.3) is 0 Å². The number of anilines is 1. The van der Waals surface area contributed by atoms with Crippen molar-refractivity contribution in [2.75, 3.05) is 38.6 Å². The Bertz CT molecular complexity index is 1120. The summed E-state index contributed by atoms with van der Waals surface area (Å²) in [7, 11) is 4.57. The molecule has 3 aromatic carbocycles. The molecule has 0 saturated carbocycles. The topological polar surface area (TPSA) is 23.6 Å². The smallest absolute Gasteiger partial charge is 0.324 e. The van der Waals surface area contributed by atoms with Crippen LogP contribution < -0.4 is 21.9 Å². The molecule has 3 rings (SSSR count). The van der Waals surface area contributed by atoms with Gasteiger partial charge in [-0.3, -0.25) is 4.90 Å². The van der Waals surface area contributed by atoms with Crippen molar-refractivity contribution < 1.29 is 26.3 Å². The Labute approximate surface area is 235 Å². The second kappa shape index (κ2) is 13.8. The maximum absolute atomic E-state index is 13.9. The Balaban J connectivity index is 0.00000481. The molecule has 0 aliphatic carbocycles. The van der Waals surface area contributed by atoms with Crippen molar-refractivity contribution in [3.05, 3.63) is 100 Å². The molecule has 0 bridgehead atoms. The lowest BCUT2D eigenvalue weighted by atomic mass is 10.1. The molecular formula is C32H44BrN3O. The first-order valence-electron chi connectivity index (χ1n) is 13.1. The summed E-state index contributed by atoms with van der Waals surface area (Å²) in [5.74, 6) is 0. The second-order valence-corrected chi connectivity index (χ2v) is 10.9. The Morgan fingerprint density at radius 2 is 1.32 bits per heavy atom. The molecule has 0 heterocycles. The fraction of sp³-hybridized carbons (Fsp3) is 0.406. The highest BCUT2D eigenvalue weighted by atomic mass is 79.9. The van der Waals surface area contributed by atoms with E-state index in [0.29, 0.717) is 13.1 Å². The van der Waals surface area contributed by atoms with E-state index in [9.17, 15) is 4.79 Å². The number of hydrogen-bond acceptors (Lipinski definition) is 1. The van der Waals surface area contributed by atoms with Gasteiger partial charge in [-0.2, -0.15) is 0 Å². The maximum Gasteiger partial charge on any atom is 0.324 e. The van der Waals surface area contributed by atoms with Crippen molar-refractivity contribution in [3.8, 4) is 0 Å². The number of halogens is 1. The van der Waals surface area contributed by atoms with Crippen LogP contribution in [0.15, 0.2) is 66.7 Å². The summed E-state index contributed by atoms with van der Waals surface area (Å²) in [6, 6.07) is 23.6. The van der Waals surface area contributed by atoms with Gasteiger partial charge in [0.15, 0.2) is 0 Å². The zero-order valence-corrected chi connectivity index (χ0v) is 25.3. The van der Waals surface area contributed by atoms with Crippen LogP contribution in [0.5, 0.6) is 0 Å². The minimum Gasteiger partial charge on any atom is -1.00 e. The normalized spacial score (nSPS) is 11.1. The van der Waals surface area contributed by atoms with E-state index in [1.54, 1.807) is 0 Å². The summed E-state index contributed by atoms with van der Waals surface area (Å²) in [5, 5.41) is 0. The van der Waals surface area contributed by atoms with Crippen molar-refractivity contribution in [1.29, 1.82) is 0 Å². The van der Waals surface area contributed by atoms with Gasteiger partial charge in [0.2, 0.25) is 0 Å². The average molecular weight is 567 g/mol.